The number of aromatic nitrogens is 1. The van der Waals surface area contributed by atoms with Crippen LogP contribution in [0.4, 0.5) is 0 Å². The van der Waals surface area contributed by atoms with Gasteiger partial charge in [-0.1, -0.05) is 18.2 Å². The summed E-state index contributed by atoms with van der Waals surface area (Å²) in [6, 6.07) is 17.1. The maximum atomic E-state index is 12.5. The predicted molar refractivity (Wildman–Crippen MR) is 112 cm³/mol. The molecule has 1 aromatic heterocycles. The molecule has 5 heteroatoms. The molecule has 3 aromatic rings. The van der Waals surface area contributed by atoms with Crippen LogP contribution in [0.3, 0.4) is 0 Å². The Bertz CT molecular complexity index is 1100. The first-order valence-corrected chi connectivity index (χ1v) is 9.97. The lowest BCUT2D eigenvalue weighted by Gasteiger charge is -2.35. The number of nitrogens with one attached hydrogen (secondary N) is 1. The molecular formula is C24H25NO4. The maximum Gasteiger partial charge on any atom is 0.248 e. The molecule has 0 bridgehead atoms. The third-order valence-electron chi connectivity index (χ3n) is 5.94. The third-order valence-corrected chi connectivity index (χ3v) is 5.94. The number of carbonyl (C=O) groups is 1. The predicted octanol–water partition coefficient (Wildman–Crippen LogP) is 4.31. The second-order valence-electron chi connectivity index (χ2n) is 7.71. The van der Waals surface area contributed by atoms with E-state index >= 15 is 0 Å². The van der Waals surface area contributed by atoms with Crippen molar-refractivity contribution >= 4 is 16.7 Å². The fraction of sp³-hybridized carbons (Fsp3) is 0.333. The maximum absolute atomic E-state index is 12.5. The van der Waals surface area contributed by atoms with Gasteiger partial charge in [-0.25, -0.2) is 0 Å². The molecule has 0 amide bonds. The number of hydrogen-bond acceptors (Lipinski definition) is 4. The van der Waals surface area contributed by atoms with Gasteiger partial charge in [-0.3, -0.25) is 9.59 Å². The van der Waals surface area contributed by atoms with E-state index < -0.39 is 5.41 Å². The fourth-order valence-corrected chi connectivity index (χ4v) is 4.13. The van der Waals surface area contributed by atoms with Crippen LogP contribution in [-0.2, 0) is 14.9 Å². The Labute approximate surface area is 169 Å². The summed E-state index contributed by atoms with van der Waals surface area (Å²) >= 11 is 0. The highest BCUT2D eigenvalue weighted by atomic mass is 16.5. The molecule has 29 heavy (non-hydrogen) atoms. The van der Waals surface area contributed by atoms with Gasteiger partial charge in [-0.05, 0) is 73.5 Å². The van der Waals surface area contributed by atoms with Crippen LogP contribution >= 0.6 is 0 Å². The largest absolute Gasteiger partial charge is 0.486 e. The number of ketones is 1. The Morgan fingerprint density at radius 2 is 1.90 bits per heavy atom. The Kier molecular flexibility index (Phi) is 5.24. The summed E-state index contributed by atoms with van der Waals surface area (Å²) < 4.78 is 11.7. The number of ether oxygens (including phenoxy) is 2. The summed E-state index contributed by atoms with van der Waals surface area (Å²) in [5.74, 6) is 0.915. The third kappa shape index (κ3) is 3.83. The van der Waals surface area contributed by atoms with Gasteiger partial charge >= 0.3 is 0 Å². The van der Waals surface area contributed by atoms with Crippen LogP contribution in [0.1, 0.15) is 43.9 Å². The van der Waals surface area contributed by atoms with E-state index in [1.165, 1.54) is 6.07 Å². The zero-order chi connectivity index (χ0) is 20.4. The van der Waals surface area contributed by atoms with Crippen LogP contribution in [0.15, 0.2) is 59.4 Å². The molecule has 1 aliphatic heterocycles. The van der Waals surface area contributed by atoms with Gasteiger partial charge in [0.25, 0.3) is 0 Å². The number of carbonyl (C=O) groups excluding carboxylic acids is 1. The summed E-state index contributed by atoms with van der Waals surface area (Å²) in [5.41, 5.74) is 2.21. The van der Waals surface area contributed by atoms with Gasteiger partial charge < -0.3 is 14.5 Å². The number of hydrogen-bond donors (Lipinski definition) is 1. The van der Waals surface area contributed by atoms with Crippen molar-refractivity contribution < 1.29 is 14.3 Å². The number of Topliss-reactive ketones (excluding diaryl/α,β-unsaturated/α-hetero) is 1. The van der Waals surface area contributed by atoms with Crippen molar-refractivity contribution in [2.24, 2.45) is 0 Å². The van der Waals surface area contributed by atoms with E-state index in [9.17, 15) is 9.59 Å². The molecule has 0 saturated carbocycles. The minimum Gasteiger partial charge on any atom is -0.486 e. The van der Waals surface area contributed by atoms with Crippen LogP contribution in [0.5, 0.6) is 5.75 Å². The van der Waals surface area contributed by atoms with Gasteiger partial charge in [0.05, 0.1) is 5.41 Å². The molecule has 1 saturated heterocycles. The van der Waals surface area contributed by atoms with Crippen LogP contribution < -0.4 is 10.3 Å². The van der Waals surface area contributed by atoms with Crippen molar-refractivity contribution in [2.75, 3.05) is 13.2 Å². The summed E-state index contributed by atoms with van der Waals surface area (Å²) in [6.45, 7) is 4.86. The van der Waals surface area contributed by atoms with Crippen molar-refractivity contribution in [3.63, 3.8) is 0 Å². The quantitative estimate of drug-likeness (QED) is 0.704. The molecule has 1 unspecified atom stereocenters. The number of aromatic amines is 1. The van der Waals surface area contributed by atoms with Crippen LogP contribution in [0.2, 0.25) is 0 Å². The lowest BCUT2D eigenvalue weighted by atomic mass is 9.71. The van der Waals surface area contributed by atoms with Crippen LogP contribution in [-0.4, -0.2) is 24.0 Å². The number of rotatable bonds is 5. The lowest BCUT2D eigenvalue weighted by Crippen LogP contribution is -2.40. The molecule has 1 aliphatic rings. The Morgan fingerprint density at radius 1 is 1.10 bits per heavy atom. The summed E-state index contributed by atoms with van der Waals surface area (Å²) in [5, 5.41) is 0.962. The van der Waals surface area contributed by atoms with E-state index in [2.05, 4.69) is 4.98 Å². The van der Waals surface area contributed by atoms with Gasteiger partial charge in [0.2, 0.25) is 5.56 Å². The smallest absolute Gasteiger partial charge is 0.248 e. The molecular weight excluding hydrogens is 366 g/mol. The van der Waals surface area contributed by atoms with Gasteiger partial charge in [-0.15, -0.1) is 0 Å². The van der Waals surface area contributed by atoms with E-state index in [-0.39, 0.29) is 17.4 Å². The van der Waals surface area contributed by atoms with E-state index in [1.54, 1.807) is 6.92 Å². The number of pyridine rings is 1. The minimum absolute atomic E-state index is 0.112. The number of benzene rings is 2. The molecule has 1 atom stereocenters. The van der Waals surface area contributed by atoms with Gasteiger partial charge in [0, 0.05) is 24.8 Å². The minimum atomic E-state index is -0.490. The lowest BCUT2D eigenvalue weighted by molar-refractivity contribution is -0.126. The van der Waals surface area contributed by atoms with E-state index in [1.807, 2.05) is 55.5 Å². The van der Waals surface area contributed by atoms with Crippen molar-refractivity contribution in [3.8, 4) is 5.75 Å². The average Bonchev–Trinajstić information content (AvgIpc) is 2.74. The van der Waals surface area contributed by atoms with E-state index in [0.717, 1.165) is 27.8 Å². The fourth-order valence-electron chi connectivity index (χ4n) is 4.13. The monoisotopic (exact) mass is 391 g/mol. The summed E-state index contributed by atoms with van der Waals surface area (Å²) in [6.07, 6.45) is 1.22. The van der Waals surface area contributed by atoms with Gasteiger partial charge in [0.15, 0.2) is 0 Å². The molecule has 0 spiro atoms. The second kappa shape index (κ2) is 7.84. The molecule has 150 valence electrons. The molecule has 1 fully saturated rings. The Balaban J connectivity index is 1.59. The standard InChI is InChI=1S/C24H25NO4/c1-16(18-6-8-22-19(14-18)7-9-23(27)25-22)29-21-5-3-4-20(15-21)24(17(2)26)10-12-28-13-11-24/h3-9,14-16H,10-13H2,1-2H3,(H,25,27). The Hall–Kier alpha value is -2.92. The van der Waals surface area contributed by atoms with Crippen molar-refractivity contribution in [1.29, 1.82) is 0 Å². The van der Waals surface area contributed by atoms with Gasteiger partial charge in [0.1, 0.15) is 17.6 Å². The molecule has 5 nitrogen and oxygen atoms in total. The molecule has 1 N–H and O–H groups in total. The zero-order valence-electron chi connectivity index (χ0n) is 16.7. The average molecular weight is 391 g/mol. The first-order chi connectivity index (χ1) is 14.0. The van der Waals surface area contributed by atoms with Crippen molar-refractivity contribution in [3.05, 3.63) is 76.1 Å². The topological polar surface area (TPSA) is 68.4 Å². The second-order valence-corrected chi connectivity index (χ2v) is 7.71. The SMILES string of the molecule is CC(=O)C1(c2cccc(OC(C)c3ccc4[nH]c(=O)ccc4c3)c2)CCOCC1. The Morgan fingerprint density at radius 3 is 2.66 bits per heavy atom. The molecule has 0 radical (unpaired) electrons. The highest BCUT2D eigenvalue weighted by molar-refractivity contribution is 5.88. The first kappa shape index (κ1) is 19.4. The first-order valence-electron chi connectivity index (χ1n) is 9.97. The van der Waals surface area contributed by atoms with E-state index in [0.29, 0.717) is 26.1 Å². The summed E-state index contributed by atoms with van der Waals surface area (Å²) in [7, 11) is 0. The van der Waals surface area contributed by atoms with Crippen molar-refractivity contribution in [2.45, 2.75) is 38.2 Å². The zero-order valence-corrected chi connectivity index (χ0v) is 16.7. The van der Waals surface area contributed by atoms with E-state index in [4.69, 9.17) is 9.47 Å². The molecule has 2 aromatic carbocycles. The highest BCUT2D eigenvalue weighted by Gasteiger charge is 2.39. The molecule has 4 rings (SSSR count). The summed E-state index contributed by atoms with van der Waals surface area (Å²) in [4.78, 5) is 26.8. The normalized spacial score (nSPS) is 17.0. The van der Waals surface area contributed by atoms with Crippen molar-refractivity contribution in [1.82, 2.24) is 4.98 Å². The molecule has 0 aliphatic carbocycles. The van der Waals surface area contributed by atoms with Crippen LogP contribution in [0.25, 0.3) is 10.9 Å². The van der Waals surface area contributed by atoms with Crippen LogP contribution in [0, 0.1) is 0 Å². The number of H-pyrrole nitrogens is 1. The highest BCUT2D eigenvalue weighted by Crippen LogP contribution is 2.37. The number of fused-ring (bicyclic) bond motifs is 1. The van der Waals surface area contributed by atoms with Gasteiger partial charge in [-0.2, -0.15) is 0 Å². The molecule has 2 heterocycles.